The summed E-state index contributed by atoms with van der Waals surface area (Å²) in [5.74, 6) is 0.0641. The number of rotatable bonds is 4. The summed E-state index contributed by atoms with van der Waals surface area (Å²) in [5.41, 5.74) is 0.669. The Morgan fingerprint density at radius 2 is 2.37 bits per heavy atom. The average molecular weight is 263 g/mol. The van der Waals surface area contributed by atoms with Crippen molar-refractivity contribution in [3.63, 3.8) is 0 Å². The first kappa shape index (κ1) is 13.8. The van der Waals surface area contributed by atoms with Gasteiger partial charge in [-0.25, -0.2) is 0 Å². The molecule has 2 heterocycles. The quantitative estimate of drug-likeness (QED) is 0.858. The molecular weight excluding hydrogens is 242 g/mol. The van der Waals surface area contributed by atoms with Gasteiger partial charge < -0.3 is 15.2 Å². The minimum Gasteiger partial charge on any atom is -0.325 e. The molecule has 0 bridgehead atoms. The van der Waals surface area contributed by atoms with Crippen LogP contribution in [0.1, 0.15) is 26.2 Å². The highest BCUT2D eigenvalue weighted by atomic mass is 16.2. The maximum atomic E-state index is 12.1. The van der Waals surface area contributed by atoms with E-state index in [1.807, 2.05) is 6.92 Å². The number of aryl methyl sites for hydroxylation is 1. The largest absolute Gasteiger partial charge is 0.325 e. The summed E-state index contributed by atoms with van der Waals surface area (Å²) < 4.78 is 1.63. The molecule has 0 aliphatic carbocycles. The van der Waals surface area contributed by atoms with Crippen molar-refractivity contribution in [3.8, 4) is 0 Å². The fourth-order valence-electron chi connectivity index (χ4n) is 2.34. The van der Waals surface area contributed by atoms with Crippen LogP contribution in [0.2, 0.25) is 0 Å². The fraction of sp³-hybridized carbons (Fsp3) is 0.571. The molecule has 104 valence electrons. The smallest absolute Gasteiger partial charge is 0.250 e. The number of nitrogens with zero attached hydrogens (tertiary/aromatic N) is 1. The minimum atomic E-state index is -0.0285. The predicted molar refractivity (Wildman–Crippen MR) is 75.2 cm³/mol. The average Bonchev–Trinajstić information content (AvgIpc) is 2.44. The van der Waals surface area contributed by atoms with Gasteiger partial charge in [-0.1, -0.05) is 6.92 Å². The maximum absolute atomic E-state index is 12.1. The number of pyridine rings is 1. The van der Waals surface area contributed by atoms with E-state index in [2.05, 4.69) is 10.6 Å². The second-order valence-corrected chi connectivity index (χ2v) is 4.98. The van der Waals surface area contributed by atoms with E-state index in [0.29, 0.717) is 12.2 Å². The zero-order valence-corrected chi connectivity index (χ0v) is 11.3. The van der Waals surface area contributed by atoms with Crippen LogP contribution in [0.25, 0.3) is 0 Å². The first-order chi connectivity index (χ1) is 9.20. The molecule has 1 aliphatic rings. The Bertz CT molecular complexity index is 490. The highest BCUT2D eigenvalue weighted by Gasteiger charge is 2.20. The van der Waals surface area contributed by atoms with E-state index in [1.54, 1.807) is 16.8 Å². The Labute approximate surface area is 113 Å². The molecule has 1 saturated heterocycles. The number of anilines is 1. The van der Waals surface area contributed by atoms with Crippen molar-refractivity contribution in [2.24, 2.45) is 5.92 Å². The molecule has 0 radical (unpaired) electrons. The molecule has 1 aromatic heterocycles. The molecule has 1 amide bonds. The van der Waals surface area contributed by atoms with Gasteiger partial charge in [0.25, 0.3) is 5.56 Å². The van der Waals surface area contributed by atoms with E-state index in [0.717, 1.165) is 32.4 Å². The normalized spacial score (nSPS) is 19.1. The fourth-order valence-corrected chi connectivity index (χ4v) is 2.34. The molecule has 1 aliphatic heterocycles. The highest BCUT2D eigenvalue weighted by Crippen LogP contribution is 2.13. The number of amides is 1. The van der Waals surface area contributed by atoms with Crippen LogP contribution in [0.4, 0.5) is 5.69 Å². The van der Waals surface area contributed by atoms with Crippen molar-refractivity contribution < 1.29 is 4.79 Å². The Morgan fingerprint density at radius 1 is 1.53 bits per heavy atom. The van der Waals surface area contributed by atoms with Crippen LogP contribution in [0.15, 0.2) is 23.1 Å². The lowest BCUT2D eigenvalue weighted by molar-refractivity contribution is -0.120. The molecule has 0 aromatic carbocycles. The predicted octanol–water partition coefficient (Wildman–Crippen LogP) is 1.20. The van der Waals surface area contributed by atoms with E-state index < -0.39 is 0 Å². The summed E-state index contributed by atoms with van der Waals surface area (Å²) in [7, 11) is 0. The molecule has 1 aromatic rings. The second kappa shape index (κ2) is 6.52. The number of aromatic nitrogens is 1. The summed E-state index contributed by atoms with van der Waals surface area (Å²) in [5, 5.41) is 6.13. The molecule has 1 atom stereocenters. The molecule has 0 spiro atoms. The number of nitrogens with one attached hydrogen (secondary N) is 2. The Hall–Kier alpha value is -1.62. The molecule has 5 nitrogen and oxygen atoms in total. The van der Waals surface area contributed by atoms with Crippen LogP contribution in [0.3, 0.4) is 0 Å². The number of carbonyl (C=O) groups is 1. The Morgan fingerprint density at radius 3 is 3.05 bits per heavy atom. The van der Waals surface area contributed by atoms with Gasteiger partial charge in [0.1, 0.15) is 0 Å². The van der Waals surface area contributed by atoms with Gasteiger partial charge in [0.15, 0.2) is 0 Å². The summed E-state index contributed by atoms with van der Waals surface area (Å²) in [4.78, 5) is 23.7. The molecule has 2 N–H and O–H groups in total. The molecule has 1 fully saturated rings. The molecule has 0 unspecified atom stereocenters. The van der Waals surface area contributed by atoms with Crippen molar-refractivity contribution in [1.82, 2.24) is 9.88 Å². The Kier molecular flexibility index (Phi) is 4.74. The van der Waals surface area contributed by atoms with Gasteiger partial charge in [0.05, 0.1) is 11.6 Å². The number of hydrogen-bond acceptors (Lipinski definition) is 3. The van der Waals surface area contributed by atoms with Crippen molar-refractivity contribution in [3.05, 3.63) is 28.7 Å². The van der Waals surface area contributed by atoms with Crippen LogP contribution in [0, 0.1) is 5.92 Å². The monoisotopic (exact) mass is 263 g/mol. The molecule has 2 rings (SSSR count). The van der Waals surface area contributed by atoms with Gasteiger partial charge in [-0.05, 0) is 31.9 Å². The topological polar surface area (TPSA) is 63.1 Å². The summed E-state index contributed by atoms with van der Waals surface area (Å²) in [6.45, 7) is 4.42. The third kappa shape index (κ3) is 3.67. The van der Waals surface area contributed by atoms with E-state index >= 15 is 0 Å². The first-order valence-electron chi connectivity index (χ1n) is 6.93. The SMILES string of the molecule is CCCn1cc(NC(=O)[C@H]2CCCNC2)ccc1=O. The lowest BCUT2D eigenvalue weighted by Crippen LogP contribution is -2.37. The highest BCUT2D eigenvalue weighted by molar-refractivity contribution is 5.92. The zero-order valence-electron chi connectivity index (χ0n) is 11.3. The minimum absolute atomic E-state index is 0.0281. The van der Waals surface area contributed by atoms with Crippen LogP contribution >= 0.6 is 0 Å². The van der Waals surface area contributed by atoms with E-state index in [9.17, 15) is 9.59 Å². The van der Waals surface area contributed by atoms with E-state index in [-0.39, 0.29) is 17.4 Å². The van der Waals surface area contributed by atoms with E-state index in [4.69, 9.17) is 0 Å². The Balaban J connectivity index is 2.03. The summed E-state index contributed by atoms with van der Waals surface area (Å²) >= 11 is 0. The van der Waals surface area contributed by atoms with Crippen molar-refractivity contribution in [1.29, 1.82) is 0 Å². The molecular formula is C14H21N3O2. The molecule has 5 heteroatoms. The van der Waals surface area contributed by atoms with Crippen LogP contribution in [-0.4, -0.2) is 23.6 Å². The van der Waals surface area contributed by atoms with Gasteiger partial charge in [0, 0.05) is 25.4 Å². The number of piperidine rings is 1. The van der Waals surface area contributed by atoms with Crippen molar-refractivity contribution in [2.45, 2.75) is 32.7 Å². The van der Waals surface area contributed by atoms with Crippen molar-refractivity contribution >= 4 is 11.6 Å². The van der Waals surface area contributed by atoms with Crippen LogP contribution < -0.4 is 16.2 Å². The molecule has 0 saturated carbocycles. The summed E-state index contributed by atoms with van der Waals surface area (Å²) in [6.07, 6.45) is 4.57. The third-order valence-electron chi connectivity index (χ3n) is 3.38. The number of hydrogen-bond donors (Lipinski definition) is 2. The zero-order chi connectivity index (χ0) is 13.7. The van der Waals surface area contributed by atoms with Crippen LogP contribution in [0.5, 0.6) is 0 Å². The van der Waals surface area contributed by atoms with Crippen LogP contribution in [-0.2, 0) is 11.3 Å². The third-order valence-corrected chi connectivity index (χ3v) is 3.38. The van der Waals surface area contributed by atoms with Gasteiger partial charge in [-0.3, -0.25) is 9.59 Å². The van der Waals surface area contributed by atoms with Gasteiger partial charge in [-0.15, -0.1) is 0 Å². The van der Waals surface area contributed by atoms with Gasteiger partial charge in [-0.2, -0.15) is 0 Å². The summed E-state index contributed by atoms with van der Waals surface area (Å²) in [6, 6.07) is 3.17. The standard InChI is InChI=1S/C14H21N3O2/c1-2-8-17-10-12(5-6-13(17)18)16-14(19)11-4-3-7-15-9-11/h5-6,10-11,15H,2-4,7-9H2,1H3,(H,16,19)/t11-/m0/s1. The van der Waals surface area contributed by atoms with Gasteiger partial charge in [0.2, 0.25) is 5.91 Å². The maximum Gasteiger partial charge on any atom is 0.250 e. The first-order valence-corrected chi connectivity index (χ1v) is 6.93. The lowest BCUT2D eigenvalue weighted by atomic mass is 9.99. The van der Waals surface area contributed by atoms with Gasteiger partial charge >= 0.3 is 0 Å². The van der Waals surface area contributed by atoms with E-state index in [1.165, 1.54) is 6.07 Å². The second-order valence-electron chi connectivity index (χ2n) is 4.98. The number of carbonyl (C=O) groups excluding carboxylic acids is 1. The molecule has 19 heavy (non-hydrogen) atoms. The van der Waals surface area contributed by atoms with Crippen molar-refractivity contribution in [2.75, 3.05) is 18.4 Å². The lowest BCUT2D eigenvalue weighted by Gasteiger charge is -2.22.